The van der Waals surface area contributed by atoms with Crippen LogP contribution in [0.4, 0.5) is 0 Å². The molecule has 0 fully saturated rings. The molecular formula is C19H25N3O2. The van der Waals surface area contributed by atoms with E-state index in [9.17, 15) is 9.90 Å². The highest BCUT2D eigenvalue weighted by molar-refractivity contribution is 5.94. The number of aryl methyl sites for hydroxylation is 1. The van der Waals surface area contributed by atoms with Gasteiger partial charge in [-0.2, -0.15) is 5.10 Å². The molecule has 1 aliphatic rings. The Morgan fingerprint density at radius 1 is 1.29 bits per heavy atom. The van der Waals surface area contributed by atoms with Crippen molar-refractivity contribution in [1.29, 1.82) is 0 Å². The molecule has 3 rings (SSSR count). The number of rotatable bonds is 5. The van der Waals surface area contributed by atoms with Crippen molar-refractivity contribution in [1.82, 2.24) is 14.7 Å². The van der Waals surface area contributed by atoms with E-state index in [0.29, 0.717) is 18.7 Å². The van der Waals surface area contributed by atoms with Crippen LogP contribution < -0.4 is 0 Å². The van der Waals surface area contributed by atoms with Crippen molar-refractivity contribution in [3.8, 4) is 0 Å². The van der Waals surface area contributed by atoms with Gasteiger partial charge in [0, 0.05) is 31.9 Å². The largest absolute Gasteiger partial charge is 0.388 e. The summed E-state index contributed by atoms with van der Waals surface area (Å²) in [4.78, 5) is 14.4. The van der Waals surface area contributed by atoms with Gasteiger partial charge >= 0.3 is 0 Å². The Labute approximate surface area is 142 Å². The topological polar surface area (TPSA) is 58.4 Å². The van der Waals surface area contributed by atoms with Crippen LogP contribution in [-0.4, -0.2) is 39.3 Å². The third kappa shape index (κ3) is 3.36. The zero-order valence-corrected chi connectivity index (χ0v) is 14.4. The number of carbonyl (C=O) groups excluding carboxylic acids is 1. The van der Waals surface area contributed by atoms with E-state index in [1.807, 2.05) is 42.1 Å². The fraction of sp³-hybridized carbons (Fsp3) is 0.474. The lowest BCUT2D eigenvalue weighted by atomic mass is 9.95. The maximum Gasteiger partial charge on any atom is 0.274 e. The molecule has 0 radical (unpaired) electrons. The van der Waals surface area contributed by atoms with E-state index in [-0.39, 0.29) is 5.91 Å². The zero-order chi connectivity index (χ0) is 17.1. The number of aliphatic hydroxyl groups is 1. The molecule has 1 N–H and O–H groups in total. The van der Waals surface area contributed by atoms with Gasteiger partial charge in [0.25, 0.3) is 5.91 Å². The first kappa shape index (κ1) is 16.7. The van der Waals surface area contributed by atoms with Crippen molar-refractivity contribution in [2.75, 3.05) is 13.6 Å². The number of amides is 1. The first-order chi connectivity index (χ1) is 11.6. The summed E-state index contributed by atoms with van der Waals surface area (Å²) in [6.07, 6.45) is 4.18. The minimum atomic E-state index is -0.556. The second-order valence-corrected chi connectivity index (χ2v) is 6.55. The molecule has 0 aliphatic heterocycles. The zero-order valence-electron chi connectivity index (χ0n) is 14.4. The van der Waals surface area contributed by atoms with Gasteiger partial charge in [-0.3, -0.25) is 9.48 Å². The van der Waals surface area contributed by atoms with E-state index in [1.54, 1.807) is 11.9 Å². The first-order valence-electron chi connectivity index (χ1n) is 8.61. The van der Waals surface area contributed by atoms with Crippen molar-refractivity contribution in [3.05, 3.63) is 52.8 Å². The second-order valence-electron chi connectivity index (χ2n) is 6.55. The molecule has 1 aromatic carbocycles. The summed E-state index contributed by atoms with van der Waals surface area (Å²) < 4.78 is 1.86. The van der Waals surface area contributed by atoms with E-state index in [2.05, 4.69) is 5.10 Å². The van der Waals surface area contributed by atoms with Crippen molar-refractivity contribution in [2.24, 2.45) is 7.05 Å². The molecule has 1 heterocycles. The van der Waals surface area contributed by atoms with E-state index in [1.165, 1.54) is 12.1 Å². The Bertz CT molecular complexity index is 709. The average molecular weight is 327 g/mol. The Hall–Kier alpha value is -2.14. The predicted octanol–water partition coefficient (Wildman–Crippen LogP) is 2.49. The number of benzene rings is 1. The maximum atomic E-state index is 12.7. The van der Waals surface area contributed by atoms with Crippen molar-refractivity contribution < 1.29 is 9.90 Å². The van der Waals surface area contributed by atoms with Gasteiger partial charge in [0.15, 0.2) is 5.69 Å². The van der Waals surface area contributed by atoms with Gasteiger partial charge < -0.3 is 10.0 Å². The van der Waals surface area contributed by atoms with Crippen molar-refractivity contribution in [3.63, 3.8) is 0 Å². The molecule has 0 saturated heterocycles. The third-order valence-electron chi connectivity index (χ3n) is 4.84. The number of aromatic nitrogens is 2. The molecule has 1 amide bonds. The van der Waals surface area contributed by atoms with Crippen molar-refractivity contribution in [2.45, 2.75) is 38.2 Å². The van der Waals surface area contributed by atoms with Crippen molar-refractivity contribution >= 4 is 5.91 Å². The van der Waals surface area contributed by atoms with E-state index >= 15 is 0 Å². The molecule has 1 atom stereocenters. The molecule has 0 saturated carbocycles. The average Bonchev–Trinajstić information content (AvgIpc) is 2.96. The molecule has 1 unspecified atom stereocenters. The Kier molecular flexibility index (Phi) is 5.00. The molecule has 24 heavy (non-hydrogen) atoms. The summed E-state index contributed by atoms with van der Waals surface area (Å²) in [5.41, 5.74) is 3.78. The van der Waals surface area contributed by atoms with Crippen LogP contribution in [0.5, 0.6) is 0 Å². The number of aliphatic hydroxyl groups excluding tert-OH is 1. The van der Waals surface area contributed by atoms with Gasteiger partial charge in [0.05, 0.1) is 6.10 Å². The van der Waals surface area contributed by atoms with Crippen LogP contribution >= 0.6 is 0 Å². The SMILES string of the molecule is CN(CCC(O)c1ccccc1)C(=O)c1nn(C)c2c1CCCC2. The molecule has 1 aromatic heterocycles. The fourth-order valence-electron chi connectivity index (χ4n) is 3.38. The number of carbonyl (C=O) groups is 1. The highest BCUT2D eigenvalue weighted by atomic mass is 16.3. The van der Waals surface area contributed by atoms with Crippen LogP contribution in [0.3, 0.4) is 0 Å². The Morgan fingerprint density at radius 2 is 2.00 bits per heavy atom. The minimum Gasteiger partial charge on any atom is -0.388 e. The van der Waals surface area contributed by atoms with E-state index in [4.69, 9.17) is 0 Å². The van der Waals surface area contributed by atoms with E-state index in [0.717, 1.165) is 30.4 Å². The van der Waals surface area contributed by atoms with Gasteiger partial charge in [0.2, 0.25) is 0 Å². The van der Waals surface area contributed by atoms with E-state index < -0.39 is 6.10 Å². The molecule has 0 spiro atoms. The van der Waals surface area contributed by atoms with Crippen LogP contribution in [0.15, 0.2) is 30.3 Å². The summed E-state index contributed by atoms with van der Waals surface area (Å²) >= 11 is 0. The highest BCUT2D eigenvalue weighted by Crippen LogP contribution is 2.25. The maximum absolute atomic E-state index is 12.7. The third-order valence-corrected chi connectivity index (χ3v) is 4.84. The molecule has 128 valence electrons. The van der Waals surface area contributed by atoms with Crippen LogP contribution in [-0.2, 0) is 19.9 Å². The second kappa shape index (κ2) is 7.18. The lowest BCUT2D eigenvalue weighted by Crippen LogP contribution is -2.30. The van der Waals surface area contributed by atoms with Crippen LogP contribution in [0.2, 0.25) is 0 Å². The lowest BCUT2D eigenvalue weighted by Gasteiger charge is -2.20. The molecule has 1 aliphatic carbocycles. The summed E-state index contributed by atoms with van der Waals surface area (Å²) in [5.74, 6) is -0.0472. The number of fused-ring (bicyclic) bond motifs is 1. The van der Waals surface area contributed by atoms with Gasteiger partial charge in [-0.05, 0) is 37.7 Å². The van der Waals surface area contributed by atoms with Crippen LogP contribution in [0.1, 0.15) is 52.7 Å². The molecule has 2 aromatic rings. The summed E-state index contributed by atoms with van der Waals surface area (Å²) in [6, 6.07) is 9.56. The number of hydrogen-bond donors (Lipinski definition) is 1. The predicted molar refractivity (Wildman–Crippen MR) is 92.8 cm³/mol. The summed E-state index contributed by atoms with van der Waals surface area (Å²) in [5, 5.41) is 14.7. The first-order valence-corrected chi connectivity index (χ1v) is 8.61. The molecule has 5 nitrogen and oxygen atoms in total. The minimum absolute atomic E-state index is 0.0472. The normalized spacial score (nSPS) is 15.0. The highest BCUT2D eigenvalue weighted by Gasteiger charge is 2.25. The van der Waals surface area contributed by atoms with Crippen LogP contribution in [0, 0.1) is 0 Å². The lowest BCUT2D eigenvalue weighted by molar-refractivity contribution is 0.0753. The summed E-state index contributed by atoms with van der Waals surface area (Å²) in [6.45, 7) is 0.500. The Balaban J connectivity index is 1.65. The molecular weight excluding hydrogens is 302 g/mol. The standard InChI is InChI=1S/C19H25N3O2/c1-21(13-12-17(23)14-8-4-3-5-9-14)19(24)18-15-10-6-7-11-16(15)22(2)20-18/h3-5,8-9,17,23H,6-7,10-13H2,1-2H3. The quantitative estimate of drug-likeness (QED) is 0.918. The number of hydrogen-bond acceptors (Lipinski definition) is 3. The number of nitrogens with zero attached hydrogens (tertiary/aromatic N) is 3. The molecule has 5 heteroatoms. The van der Waals surface area contributed by atoms with Crippen LogP contribution in [0.25, 0.3) is 0 Å². The summed E-state index contributed by atoms with van der Waals surface area (Å²) in [7, 11) is 3.70. The fourth-order valence-corrected chi connectivity index (χ4v) is 3.38. The monoisotopic (exact) mass is 327 g/mol. The van der Waals surface area contributed by atoms with Gasteiger partial charge in [0.1, 0.15) is 0 Å². The van der Waals surface area contributed by atoms with Gasteiger partial charge in [-0.25, -0.2) is 0 Å². The smallest absolute Gasteiger partial charge is 0.274 e. The molecule has 0 bridgehead atoms. The Morgan fingerprint density at radius 3 is 2.75 bits per heavy atom. The van der Waals surface area contributed by atoms with Gasteiger partial charge in [-0.1, -0.05) is 30.3 Å². The van der Waals surface area contributed by atoms with Gasteiger partial charge in [-0.15, -0.1) is 0 Å².